The fourth-order valence-electron chi connectivity index (χ4n) is 3.98. The van der Waals surface area contributed by atoms with Crippen LogP contribution in [0.25, 0.3) is 0 Å². The Kier molecular flexibility index (Phi) is 7.22. The highest BCUT2D eigenvalue weighted by molar-refractivity contribution is 5.98. The minimum atomic E-state index is -0.710. The number of hydrogen-bond acceptors (Lipinski definition) is 6. The monoisotopic (exact) mass is 368 g/mol. The summed E-state index contributed by atoms with van der Waals surface area (Å²) in [5.41, 5.74) is -0.801. The van der Waals surface area contributed by atoms with E-state index in [1.54, 1.807) is 14.0 Å². The molecule has 2 saturated heterocycles. The normalized spacial score (nSPS) is 33.2. The van der Waals surface area contributed by atoms with Crippen molar-refractivity contribution in [1.29, 1.82) is 0 Å². The molecule has 2 heterocycles. The first kappa shape index (κ1) is 21.3. The zero-order chi connectivity index (χ0) is 19.4. The number of ketones is 1. The van der Waals surface area contributed by atoms with E-state index < -0.39 is 11.5 Å². The van der Waals surface area contributed by atoms with Gasteiger partial charge in [0.15, 0.2) is 0 Å². The Hall–Kier alpha value is -0.980. The Morgan fingerprint density at radius 2 is 1.69 bits per heavy atom. The van der Waals surface area contributed by atoms with E-state index in [1.165, 1.54) is 0 Å². The van der Waals surface area contributed by atoms with Crippen LogP contribution < -0.4 is 0 Å². The number of carbonyl (C=O) groups is 2. The van der Waals surface area contributed by atoms with Gasteiger partial charge in [0.05, 0.1) is 5.60 Å². The van der Waals surface area contributed by atoms with Crippen LogP contribution in [0.3, 0.4) is 0 Å². The molecule has 0 aromatic heterocycles. The number of ether oxygens (including phenoxy) is 2. The number of hydrogen-bond donors (Lipinski definition) is 0. The third-order valence-electron chi connectivity index (χ3n) is 6.25. The average molecular weight is 369 g/mol. The average Bonchev–Trinajstić information content (AvgIpc) is 2.61. The number of likely N-dealkylation sites (tertiary alicyclic amines) is 1. The first-order chi connectivity index (χ1) is 12.2. The summed E-state index contributed by atoms with van der Waals surface area (Å²) in [5, 5.41) is 0. The lowest BCUT2D eigenvalue weighted by atomic mass is 9.90. The first-order valence-electron chi connectivity index (χ1n) is 9.86. The summed E-state index contributed by atoms with van der Waals surface area (Å²) in [5.74, 6) is -1.13. The van der Waals surface area contributed by atoms with Crippen LogP contribution in [0.15, 0.2) is 0 Å². The van der Waals surface area contributed by atoms with Crippen molar-refractivity contribution in [1.82, 2.24) is 9.80 Å². The standard InChI is InChI=1S/C20H36N2O4/c1-16-17(23)7-9-19(2,25-5)8-6-12-22(4)15-20(26-18(16)24)10-13-21(3)14-11-20/h16H,6-15H2,1-5H3/t16?,19-/m1/s1. The summed E-state index contributed by atoms with van der Waals surface area (Å²) in [4.78, 5) is 29.8. The number of carbonyl (C=O) groups excluding carboxylic acids is 2. The quantitative estimate of drug-likeness (QED) is 0.522. The molecule has 0 aromatic rings. The van der Waals surface area contributed by atoms with Gasteiger partial charge in [0.2, 0.25) is 0 Å². The van der Waals surface area contributed by atoms with Gasteiger partial charge in [-0.3, -0.25) is 9.59 Å². The van der Waals surface area contributed by atoms with Gasteiger partial charge in [-0.1, -0.05) is 0 Å². The molecule has 0 amide bonds. The van der Waals surface area contributed by atoms with E-state index in [9.17, 15) is 9.59 Å². The summed E-state index contributed by atoms with van der Waals surface area (Å²) in [6.07, 6.45) is 4.52. The van der Waals surface area contributed by atoms with E-state index >= 15 is 0 Å². The van der Waals surface area contributed by atoms with E-state index in [4.69, 9.17) is 9.47 Å². The van der Waals surface area contributed by atoms with Gasteiger partial charge in [-0.05, 0) is 53.8 Å². The fourth-order valence-corrected chi connectivity index (χ4v) is 3.98. The number of piperidine rings is 1. The third kappa shape index (κ3) is 5.51. The molecule has 1 unspecified atom stereocenters. The number of methoxy groups -OCH3 is 1. The molecular weight excluding hydrogens is 332 g/mol. The molecule has 6 heteroatoms. The molecule has 2 aliphatic heterocycles. The Balaban J connectivity index is 2.19. The minimum absolute atomic E-state index is 0.0473. The third-order valence-corrected chi connectivity index (χ3v) is 6.25. The predicted molar refractivity (Wildman–Crippen MR) is 101 cm³/mol. The second-order valence-electron chi connectivity index (χ2n) is 8.59. The van der Waals surface area contributed by atoms with Crippen molar-refractivity contribution in [2.45, 2.75) is 63.6 Å². The Morgan fingerprint density at radius 1 is 1.04 bits per heavy atom. The van der Waals surface area contributed by atoms with Crippen LogP contribution in [0.2, 0.25) is 0 Å². The van der Waals surface area contributed by atoms with E-state index in [-0.39, 0.29) is 17.4 Å². The van der Waals surface area contributed by atoms with Gasteiger partial charge in [0.1, 0.15) is 17.3 Å². The Bertz CT molecular complexity index is 502. The van der Waals surface area contributed by atoms with E-state index in [1.807, 2.05) is 0 Å². The van der Waals surface area contributed by atoms with Crippen LogP contribution in [-0.4, -0.2) is 80.1 Å². The molecule has 2 atom stereocenters. The maximum absolute atomic E-state index is 12.7. The molecule has 150 valence electrons. The maximum atomic E-state index is 12.7. The van der Waals surface area contributed by atoms with Crippen molar-refractivity contribution in [2.75, 3.05) is 47.4 Å². The second kappa shape index (κ2) is 8.81. The number of rotatable bonds is 1. The molecule has 0 saturated carbocycles. The number of likely N-dealkylation sites (N-methyl/N-ethyl adjacent to an activating group) is 1. The summed E-state index contributed by atoms with van der Waals surface area (Å²) in [6, 6.07) is 0. The molecule has 0 radical (unpaired) electrons. The fraction of sp³-hybridized carbons (Fsp3) is 0.900. The van der Waals surface area contributed by atoms with E-state index in [2.05, 4.69) is 30.8 Å². The highest BCUT2D eigenvalue weighted by atomic mass is 16.6. The van der Waals surface area contributed by atoms with Crippen LogP contribution in [0.5, 0.6) is 0 Å². The van der Waals surface area contributed by atoms with Crippen LogP contribution in [0, 0.1) is 5.92 Å². The van der Waals surface area contributed by atoms with Crippen molar-refractivity contribution in [3.8, 4) is 0 Å². The molecular formula is C20H36N2O4. The largest absolute Gasteiger partial charge is 0.457 e. The second-order valence-corrected chi connectivity index (χ2v) is 8.59. The number of Topliss-reactive ketones (excluding diaryl/α,β-unsaturated/α-hetero) is 1. The van der Waals surface area contributed by atoms with Gasteiger partial charge in [-0.2, -0.15) is 0 Å². The lowest BCUT2D eigenvalue weighted by Crippen LogP contribution is -2.53. The number of nitrogens with zero attached hydrogens (tertiary/aromatic N) is 2. The van der Waals surface area contributed by atoms with Gasteiger partial charge in [0, 0.05) is 46.0 Å². The molecule has 26 heavy (non-hydrogen) atoms. The zero-order valence-corrected chi connectivity index (χ0v) is 17.2. The smallest absolute Gasteiger partial charge is 0.316 e. The van der Waals surface area contributed by atoms with Crippen LogP contribution in [0.4, 0.5) is 0 Å². The highest BCUT2D eigenvalue weighted by Gasteiger charge is 2.40. The van der Waals surface area contributed by atoms with Crippen molar-refractivity contribution in [2.24, 2.45) is 5.92 Å². The lowest BCUT2D eigenvalue weighted by molar-refractivity contribution is -0.172. The summed E-state index contributed by atoms with van der Waals surface area (Å²) in [6.45, 7) is 7.20. The highest BCUT2D eigenvalue weighted by Crippen LogP contribution is 2.30. The summed E-state index contributed by atoms with van der Waals surface area (Å²) in [7, 11) is 5.89. The topological polar surface area (TPSA) is 59.1 Å². The summed E-state index contributed by atoms with van der Waals surface area (Å²) >= 11 is 0. The van der Waals surface area contributed by atoms with Crippen molar-refractivity contribution >= 4 is 11.8 Å². The molecule has 2 aliphatic rings. The van der Waals surface area contributed by atoms with Gasteiger partial charge in [-0.15, -0.1) is 0 Å². The van der Waals surface area contributed by atoms with Gasteiger partial charge < -0.3 is 19.3 Å². The van der Waals surface area contributed by atoms with Crippen molar-refractivity contribution < 1.29 is 19.1 Å². The molecule has 0 N–H and O–H groups in total. The Labute approximate surface area is 158 Å². The number of esters is 1. The molecule has 0 aromatic carbocycles. The minimum Gasteiger partial charge on any atom is -0.457 e. The molecule has 0 bridgehead atoms. The van der Waals surface area contributed by atoms with Crippen molar-refractivity contribution in [3.05, 3.63) is 0 Å². The van der Waals surface area contributed by atoms with Crippen LogP contribution >= 0.6 is 0 Å². The molecule has 2 fully saturated rings. The predicted octanol–water partition coefficient (Wildman–Crippen LogP) is 2.11. The zero-order valence-electron chi connectivity index (χ0n) is 17.2. The maximum Gasteiger partial charge on any atom is 0.316 e. The summed E-state index contributed by atoms with van der Waals surface area (Å²) < 4.78 is 11.7. The molecule has 6 nitrogen and oxygen atoms in total. The van der Waals surface area contributed by atoms with Crippen LogP contribution in [-0.2, 0) is 19.1 Å². The van der Waals surface area contributed by atoms with Gasteiger partial charge in [0.25, 0.3) is 0 Å². The SMILES string of the molecule is CO[C@]1(C)CCCN(C)CC2(CCN(C)CC2)OC(=O)C(C)C(=O)CC1. The van der Waals surface area contributed by atoms with E-state index in [0.29, 0.717) is 12.8 Å². The lowest BCUT2D eigenvalue weighted by Gasteiger charge is -2.42. The molecule has 1 spiro atoms. The molecule has 0 aliphatic carbocycles. The van der Waals surface area contributed by atoms with Crippen molar-refractivity contribution in [3.63, 3.8) is 0 Å². The van der Waals surface area contributed by atoms with Crippen LogP contribution in [0.1, 0.15) is 52.4 Å². The van der Waals surface area contributed by atoms with Gasteiger partial charge >= 0.3 is 5.97 Å². The molecule has 2 rings (SSSR count). The first-order valence-corrected chi connectivity index (χ1v) is 9.86. The van der Waals surface area contributed by atoms with Gasteiger partial charge in [-0.25, -0.2) is 0 Å². The van der Waals surface area contributed by atoms with E-state index in [0.717, 1.165) is 51.9 Å². The Morgan fingerprint density at radius 3 is 2.31 bits per heavy atom.